The number of hydrogen-bond acceptors (Lipinski definition) is 7. The fraction of sp³-hybridized carbons (Fsp3) is 0.471. The van der Waals surface area contributed by atoms with E-state index in [4.69, 9.17) is 49.0 Å². The highest BCUT2D eigenvalue weighted by Crippen LogP contribution is 2.32. The first kappa shape index (κ1) is 39.3. The molecule has 0 radical (unpaired) electrons. The largest absolute Gasteiger partial charge is 0.488 e. The molecule has 9 nitrogen and oxygen atoms in total. The molecule has 2 N–H and O–H groups in total. The van der Waals surface area contributed by atoms with Gasteiger partial charge in [-0.15, -0.1) is 0 Å². The molecule has 0 amide bonds. The topological polar surface area (TPSA) is 95.8 Å². The van der Waals surface area contributed by atoms with Crippen LogP contribution in [-0.4, -0.2) is 47.2 Å². The molecule has 5 rings (SSSR count). The maximum Gasteiger partial charge on any atom is 0.341 e. The third-order valence-corrected chi connectivity index (χ3v) is 7.74. The van der Waals surface area contributed by atoms with Crippen LogP contribution in [0.5, 0.6) is 11.5 Å². The van der Waals surface area contributed by atoms with Crippen LogP contribution < -0.4 is 25.9 Å². The fourth-order valence-corrected chi connectivity index (χ4v) is 5.62. The number of esters is 1. The van der Waals surface area contributed by atoms with Crippen LogP contribution in [0.25, 0.3) is 16.7 Å². The highest BCUT2D eigenvalue weighted by molar-refractivity contribution is 6.61. The van der Waals surface area contributed by atoms with Crippen LogP contribution in [0, 0.1) is 11.6 Å². The minimum atomic E-state index is -0.672. The number of hydrazine groups is 1. The maximum atomic E-state index is 13.8. The summed E-state index contributed by atoms with van der Waals surface area (Å²) in [6.45, 7) is 12.7. The molecular weight excluding hydrogens is 689 g/mol. The lowest BCUT2D eigenvalue weighted by atomic mass is 10.1. The Kier molecular flexibility index (Phi) is 15.7. The number of aromatic nitrogens is 2. The minimum Gasteiger partial charge on any atom is -0.488 e. The molecule has 264 valence electrons. The monoisotopic (exact) mass is 730 g/mol. The number of fused-ring (bicyclic) bond motifs is 1. The summed E-state index contributed by atoms with van der Waals surface area (Å²) in [4.78, 5) is 24.4. The molecule has 0 saturated carbocycles. The molecule has 0 bridgehead atoms. The summed E-state index contributed by atoms with van der Waals surface area (Å²) in [5.74, 6) is -1.49. The van der Waals surface area contributed by atoms with Gasteiger partial charge in [0, 0.05) is 26.2 Å². The molecule has 2 aromatic carbocycles. The molecule has 1 saturated heterocycles. The van der Waals surface area contributed by atoms with Gasteiger partial charge in [0.25, 0.3) is 5.56 Å². The summed E-state index contributed by atoms with van der Waals surface area (Å²) in [5, 5.41) is 0.409. The van der Waals surface area contributed by atoms with E-state index in [0.29, 0.717) is 28.4 Å². The summed E-state index contributed by atoms with van der Waals surface area (Å²) in [6, 6.07) is 8.36. The molecule has 14 heteroatoms. The van der Waals surface area contributed by atoms with Crippen molar-refractivity contribution in [2.75, 3.05) is 19.7 Å². The van der Waals surface area contributed by atoms with Gasteiger partial charge < -0.3 is 14.2 Å². The first-order valence-corrected chi connectivity index (χ1v) is 17.1. The second kappa shape index (κ2) is 19.2. The van der Waals surface area contributed by atoms with Crippen molar-refractivity contribution in [2.45, 2.75) is 85.6 Å². The molecular formula is C34H43Cl3F2N4O5. The highest BCUT2D eigenvalue weighted by atomic mass is 35.5. The van der Waals surface area contributed by atoms with Crippen LogP contribution in [0.1, 0.15) is 65.9 Å². The molecule has 1 aromatic heterocycles. The Morgan fingerprint density at radius 1 is 0.854 bits per heavy atom. The third-order valence-electron chi connectivity index (χ3n) is 6.97. The molecule has 0 unspecified atom stereocenters. The zero-order valence-electron chi connectivity index (χ0n) is 27.8. The van der Waals surface area contributed by atoms with Crippen molar-refractivity contribution in [3.05, 3.63) is 73.6 Å². The molecule has 1 fully saturated rings. The maximum absolute atomic E-state index is 13.8. The zero-order chi connectivity index (χ0) is 35.4. The predicted molar refractivity (Wildman–Crippen MR) is 187 cm³/mol. The van der Waals surface area contributed by atoms with E-state index in [0.717, 1.165) is 32.5 Å². The number of carbonyl (C=O) groups is 1. The summed E-state index contributed by atoms with van der Waals surface area (Å²) in [5.41, 5.74) is 7.25. The standard InChI is InChI=1S/C16H18ClFN2O2.C14H15Cl2FO3.C4H10N2/c1-10(2)22-13-9-11(5-6-12(13)18)14-15(17)19-7-3-4-8-20(19)16(14)21;1-4-19-14(18)12(13(15)16)9-5-6-10(17)11(7-9)20-8(2)3;1-2-4-6-5-3-1/h5-6,9-10H,3-4,7-8H2,1-2H3;5-8H,4H2,1-3H3;5-6H,1-4H2. The van der Waals surface area contributed by atoms with Crippen LogP contribution in [0.2, 0.25) is 5.15 Å². The van der Waals surface area contributed by atoms with E-state index in [2.05, 4.69) is 10.9 Å². The van der Waals surface area contributed by atoms with Crippen molar-refractivity contribution in [3.8, 4) is 22.6 Å². The van der Waals surface area contributed by atoms with Crippen molar-refractivity contribution in [3.63, 3.8) is 0 Å². The Morgan fingerprint density at radius 3 is 1.88 bits per heavy atom. The molecule has 3 aromatic rings. The van der Waals surface area contributed by atoms with E-state index in [1.54, 1.807) is 42.3 Å². The van der Waals surface area contributed by atoms with Crippen molar-refractivity contribution in [2.24, 2.45) is 0 Å². The van der Waals surface area contributed by atoms with Gasteiger partial charge in [-0.2, -0.15) is 0 Å². The van der Waals surface area contributed by atoms with Gasteiger partial charge in [-0.05, 0) is 95.7 Å². The number of nitrogens with zero attached hydrogens (tertiary/aromatic N) is 2. The average Bonchev–Trinajstić information content (AvgIpc) is 3.30. The first-order chi connectivity index (χ1) is 22.8. The van der Waals surface area contributed by atoms with E-state index in [1.807, 2.05) is 13.8 Å². The van der Waals surface area contributed by atoms with Gasteiger partial charge in [0.15, 0.2) is 23.1 Å². The fourth-order valence-electron chi connectivity index (χ4n) is 4.89. The van der Waals surface area contributed by atoms with E-state index in [9.17, 15) is 18.4 Å². The molecule has 48 heavy (non-hydrogen) atoms. The molecule has 2 aliphatic heterocycles. The van der Waals surface area contributed by atoms with E-state index >= 15 is 0 Å². The number of ether oxygens (including phenoxy) is 3. The van der Waals surface area contributed by atoms with E-state index < -0.39 is 17.6 Å². The normalized spacial score (nSPS) is 13.8. The number of halogens is 5. The smallest absolute Gasteiger partial charge is 0.341 e. The van der Waals surface area contributed by atoms with Crippen LogP contribution >= 0.6 is 34.8 Å². The average molecular weight is 732 g/mol. The van der Waals surface area contributed by atoms with E-state index in [1.165, 1.54) is 37.1 Å². The lowest BCUT2D eigenvalue weighted by Gasteiger charge is -2.17. The second-order valence-electron chi connectivity index (χ2n) is 11.5. The Labute approximate surface area is 295 Å². The Bertz CT molecular complexity index is 1610. The van der Waals surface area contributed by atoms with Gasteiger partial charge in [-0.1, -0.05) is 46.9 Å². The number of nitrogens with one attached hydrogen (secondary N) is 2. The van der Waals surface area contributed by atoms with Crippen molar-refractivity contribution in [1.29, 1.82) is 0 Å². The van der Waals surface area contributed by atoms with Gasteiger partial charge in [-0.3, -0.25) is 20.3 Å². The molecule has 2 aliphatic rings. The highest BCUT2D eigenvalue weighted by Gasteiger charge is 2.23. The lowest BCUT2D eigenvalue weighted by molar-refractivity contribution is -0.136. The summed E-state index contributed by atoms with van der Waals surface area (Å²) < 4.78 is 46.3. The molecule has 0 atom stereocenters. The summed E-state index contributed by atoms with van der Waals surface area (Å²) in [7, 11) is 0. The van der Waals surface area contributed by atoms with Gasteiger partial charge in [-0.25, -0.2) is 18.3 Å². The molecule has 0 aliphatic carbocycles. The first-order valence-electron chi connectivity index (χ1n) is 16.0. The number of hydrogen-bond donors (Lipinski definition) is 2. The van der Waals surface area contributed by atoms with Crippen LogP contribution in [0.15, 0.2) is 45.7 Å². The second-order valence-corrected chi connectivity index (χ2v) is 12.8. The zero-order valence-corrected chi connectivity index (χ0v) is 30.1. The molecule has 3 heterocycles. The van der Waals surface area contributed by atoms with Gasteiger partial charge >= 0.3 is 5.97 Å². The Balaban J connectivity index is 0.000000223. The predicted octanol–water partition coefficient (Wildman–Crippen LogP) is 7.89. The number of benzene rings is 2. The SMILES string of the molecule is C1CCNNC1.CC(C)Oc1cc(-c2c(Cl)n3n(c2=O)CCCC3)ccc1F.CCOC(=O)C(=C(Cl)Cl)c1ccc(F)c(OC(C)C)c1. The summed E-state index contributed by atoms with van der Waals surface area (Å²) >= 11 is 17.8. The van der Waals surface area contributed by atoms with Gasteiger partial charge in [0.1, 0.15) is 9.64 Å². The summed E-state index contributed by atoms with van der Waals surface area (Å²) in [6.07, 6.45) is 4.26. The van der Waals surface area contributed by atoms with Crippen LogP contribution in [-0.2, 0) is 22.6 Å². The minimum absolute atomic E-state index is 0.0221. The van der Waals surface area contributed by atoms with Gasteiger partial charge in [0.2, 0.25) is 0 Å². The van der Waals surface area contributed by atoms with Crippen molar-refractivity contribution in [1.82, 2.24) is 20.2 Å². The lowest BCUT2D eigenvalue weighted by Crippen LogP contribution is -2.37. The number of carbonyl (C=O) groups excluding carboxylic acids is 1. The van der Waals surface area contributed by atoms with Crippen LogP contribution in [0.4, 0.5) is 8.78 Å². The number of rotatable bonds is 8. The van der Waals surface area contributed by atoms with E-state index in [-0.39, 0.29) is 45.9 Å². The quantitative estimate of drug-likeness (QED) is 0.180. The molecule has 0 spiro atoms. The van der Waals surface area contributed by atoms with Gasteiger partial charge in [0.05, 0.1) is 30.0 Å². The Hall–Kier alpha value is -3.09. The van der Waals surface area contributed by atoms with Crippen LogP contribution in [0.3, 0.4) is 0 Å². The Morgan fingerprint density at radius 2 is 1.40 bits per heavy atom. The van der Waals surface area contributed by atoms with Crippen molar-refractivity contribution < 1.29 is 27.8 Å². The third kappa shape index (κ3) is 11.0. The van der Waals surface area contributed by atoms with Crippen molar-refractivity contribution >= 4 is 46.3 Å².